The van der Waals surface area contributed by atoms with Crippen molar-refractivity contribution in [2.45, 2.75) is 53.4 Å². The third-order valence-electron chi connectivity index (χ3n) is 3.48. The minimum atomic E-state index is 0.115. The molecule has 14 heavy (non-hydrogen) atoms. The maximum atomic E-state index is 5.63. The van der Waals surface area contributed by atoms with Crippen LogP contribution in [0, 0.1) is 23.7 Å². The van der Waals surface area contributed by atoms with Crippen LogP contribution in [0.1, 0.15) is 53.4 Å². The summed E-state index contributed by atoms with van der Waals surface area (Å²) in [6.45, 7) is 9.03. The van der Waals surface area contributed by atoms with E-state index < -0.39 is 0 Å². The minimum Gasteiger partial charge on any atom is -0.120 e. The van der Waals surface area contributed by atoms with Crippen molar-refractivity contribution in [1.82, 2.24) is 0 Å². The van der Waals surface area contributed by atoms with Crippen LogP contribution in [0.15, 0.2) is 11.1 Å². The van der Waals surface area contributed by atoms with E-state index in [2.05, 4.69) is 33.6 Å². The van der Waals surface area contributed by atoms with E-state index in [0.717, 1.165) is 12.3 Å². The van der Waals surface area contributed by atoms with Crippen molar-refractivity contribution in [3.05, 3.63) is 11.1 Å². The van der Waals surface area contributed by atoms with Crippen LogP contribution in [0.25, 0.3) is 0 Å². The first kappa shape index (κ1) is 11.4. The van der Waals surface area contributed by atoms with E-state index in [0.29, 0.717) is 0 Å². The number of hydrogen-bond donors (Lipinski definition) is 0. The van der Waals surface area contributed by atoms with Crippen molar-refractivity contribution in [3.63, 3.8) is 0 Å². The molecule has 0 N–H and O–H groups in total. The lowest BCUT2D eigenvalue weighted by Crippen LogP contribution is -2.24. The summed E-state index contributed by atoms with van der Waals surface area (Å²) in [5.41, 5.74) is 3.29. The molecule has 0 aromatic carbocycles. The zero-order valence-corrected chi connectivity index (χ0v) is 9.98. The molecule has 0 spiro atoms. The van der Waals surface area contributed by atoms with E-state index >= 15 is 0 Å². The van der Waals surface area contributed by atoms with Gasteiger partial charge in [-0.1, -0.05) is 30.9 Å². The molecule has 0 bridgehead atoms. The molecule has 0 saturated heterocycles. The van der Waals surface area contributed by atoms with Gasteiger partial charge in [0.2, 0.25) is 0 Å². The average Bonchev–Trinajstić information content (AvgIpc) is 2.15. The Morgan fingerprint density at radius 2 is 2.29 bits per heavy atom. The Kier molecular flexibility index (Phi) is 3.43. The molecule has 0 nitrogen and oxygen atoms in total. The highest BCUT2D eigenvalue weighted by Crippen LogP contribution is 2.42. The smallest absolute Gasteiger partial charge is 0.0323 e. The summed E-state index contributed by atoms with van der Waals surface area (Å²) in [4.78, 5) is 0. The van der Waals surface area contributed by atoms with Crippen molar-refractivity contribution in [2.24, 2.45) is 11.3 Å². The summed E-state index contributed by atoms with van der Waals surface area (Å²) < 4.78 is 0. The van der Waals surface area contributed by atoms with Gasteiger partial charge in [-0.05, 0) is 45.4 Å². The SMILES string of the molecule is C#C[C@@]1(C)C/C(=C(\C)CC)CC(C)C1. The van der Waals surface area contributed by atoms with E-state index in [1.165, 1.54) is 19.3 Å². The predicted molar refractivity (Wildman–Crippen MR) is 62.9 cm³/mol. The number of hydrogen-bond acceptors (Lipinski definition) is 0. The molecule has 1 aliphatic rings. The molecule has 0 aliphatic heterocycles. The van der Waals surface area contributed by atoms with Crippen LogP contribution in [0.4, 0.5) is 0 Å². The summed E-state index contributed by atoms with van der Waals surface area (Å²) in [5, 5.41) is 0. The largest absolute Gasteiger partial charge is 0.120 e. The van der Waals surface area contributed by atoms with E-state index in [1.54, 1.807) is 11.1 Å². The maximum Gasteiger partial charge on any atom is 0.0323 e. The Hall–Kier alpha value is -0.700. The lowest BCUT2D eigenvalue weighted by Gasteiger charge is -2.35. The van der Waals surface area contributed by atoms with Crippen LogP contribution in [-0.4, -0.2) is 0 Å². The molecule has 1 saturated carbocycles. The van der Waals surface area contributed by atoms with Crippen LogP contribution < -0.4 is 0 Å². The van der Waals surface area contributed by atoms with Crippen LogP contribution in [0.2, 0.25) is 0 Å². The van der Waals surface area contributed by atoms with E-state index in [-0.39, 0.29) is 5.41 Å². The Morgan fingerprint density at radius 3 is 2.79 bits per heavy atom. The molecule has 2 atom stereocenters. The van der Waals surface area contributed by atoms with Crippen molar-refractivity contribution < 1.29 is 0 Å². The second kappa shape index (κ2) is 4.22. The first-order valence-corrected chi connectivity index (χ1v) is 5.66. The molecule has 1 unspecified atom stereocenters. The first-order valence-electron chi connectivity index (χ1n) is 5.66. The molecule has 78 valence electrons. The molecule has 0 aromatic rings. The normalized spacial score (nSPS) is 36.4. The zero-order chi connectivity index (χ0) is 10.8. The second-order valence-corrected chi connectivity index (χ2v) is 5.13. The van der Waals surface area contributed by atoms with Gasteiger partial charge in [-0.25, -0.2) is 0 Å². The molecule has 1 rings (SSSR count). The van der Waals surface area contributed by atoms with Crippen molar-refractivity contribution >= 4 is 0 Å². The van der Waals surface area contributed by atoms with Gasteiger partial charge in [0.25, 0.3) is 0 Å². The van der Waals surface area contributed by atoms with Gasteiger partial charge in [0.1, 0.15) is 0 Å². The van der Waals surface area contributed by atoms with Crippen LogP contribution in [0.5, 0.6) is 0 Å². The molecular weight excluding hydrogens is 168 g/mol. The molecule has 0 aromatic heterocycles. The third kappa shape index (κ3) is 2.41. The van der Waals surface area contributed by atoms with Gasteiger partial charge in [0.05, 0.1) is 0 Å². The quantitative estimate of drug-likeness (QED) is 0.430. The molecule has 0 heteroatoms. The Morgan fingerprint density at radius 1 is 1.64 bits per heavy atom. The molecule has 0 amide bonds. The highest BCUT2D eigenvalue weighted by Gasteiger charge is 2.31. The highest BCUT2D eigenvalue weighted by molar-refractivity contribution is 5.22. The molecule has 0 heterocycles. The predicted octanol–water partition coefficient (Wildman–Crippen LogP) is 4.17. The topological polar surface area (TPSA) is 0 Å². The number of rotatable bonds is 1. The molecule has 0 radical (unpaired) electrons. The summed E-state index contributed by atoms with van der Waals surface area (Å²) in [6.07, 6.45) is 10.4. The van der Waals surface area contributed by atoms with E-state index in [1.807, 2.05) is 0 Å². The summed E-state index contributed by atoms with van der Waals surface area (Å²) in [6, 6.07) is 0. The van der Waals surface area contributed by atoms with E-state index in [9.17, 15) is 0 Å². The van der Waals surface area contributed by atoms with Crippen molar-refractivity contribution in [3.8, 4) is 12.3 Å². The number of terminal acetylenes is 1. The summed E-state index contributed by atoms with van der Waals surface area (Å²) in [7, 11) is 0. The fraction of sp³-hybridized carbons (Fsp3) is 0.714. The Balaban J connectivity index is 2.90. The molecule has 1 fully saturated rings. The molecular formula is C14H22. The minimum absolute atomic E-state index is 0.115. The fourth-order valence-corrected chi connectivity index (χ4v) is 2.56. The van der Waals surface area contributed by atoms with Gasteiger partial charge < -0.3 is 0 Å². The van der Waals surface area contributed by atoms with Gasteiger partial charge in [0.15, 0.2) is 0 Å². The summed E-state index contributed by atoms with van der Waals surface area (Å²) in [5.74, 6) is 3.74. The monoisotopic (exact) mass is 190 g/mol. The average molecular weight is 190 g/mol. The van der Waals surface area contributed by atoms with E-state index in [4.69, 9.17) is 6.42 Å². The Labute approximate surface area is 88.8 Å². The van der Waals surface area contributed by atoms with Crippen molar-refractivity contribution in [1.29, 1.82) is 0 Å². The van der Waals surface area contributed by atoms with Crippen LogP contribution in [0.3, 0.4) is 0 Å². The zero-order valence-electron chi connectivity index (χ0n) is 9.98. The van der Waals surface area contributed by atoms with Crippen molar-refractivity contribution in [2.75, 3.05) is 0 Å². The standard InChI is InChI=1S/C14H22/c1-6-12(4)13-8-11(3)9-14(5,7-2)10-13/h2,11H,6,8-10H2,1,3-5H3/b13-12+/t11?,14-/m1/s1. The van der Waals surface area contributed by atoms with Crippen LogP contribution in [-0.2, 0) is 0 Å². The molecule has 1 aliphatic carbocycles. The lowest BCUT2D eigenvalue weighted by molar-refractivity contribution is 0.282. The number of allylic oxidation sites excluding steroid dienone is 2. The maximum absolute atomic E-state index is 5.63. The first-order chi connectivity index (χ1) is 6.50. The second-order valence-electron chi connectivity index (χ2n) is 5.13. The van der Waals surface area contributed by atoms with Gasteiger partial charge in [-0.2, -0.15) is 0 Å². The van der Waals surface area contributed by atoms with Gasteiger partial charge in [0, 0.05) is 5.41 Å². The summed E-state index contributed by atoms with van der Waals surface area (Å²) >= 11 is 0. The fourth-order valence-electron chi connectivity index (χ4n) is 2.56. The lowest BCUT2D eigenvalue weighted by atomic mass is 9.69. The van der Waals surface area contributed by atoms with Crippen LogP contribution >= 0.6 is 0 Å². The van der Waals surface area contributed by atoms with Gasteiger partial charge in [-0.3, -0.25) is 0 Å². The highest BCUT2D eigenvalue weighted by atomic mass is 14.3. The third-order valence-corrected chi connectivity index (χ3v) is 3.48. The van der Waals surface area contributed by atoms with Gasteiger partial charge in [-0.15, -0.1) is 6.42 Å². The Bertz CT molecular complexity index is 277. The van der Waals surface area contributed by atoms with Gasteiger partial charge >= 0.3 is 0 Å².